The first-order valence-corrected chi connectivity index (χ1v) is 8.15. The van der Waals surface area contributed by atoms with Gasteiger partial charge in [-0.3, -0.25) is 0 Å². The smallest absolute Gasteiger partial charge is 0.146 e. The molecule has 0 aliphatic heterocycles. The van der Waals surface area contributed by atoms with Crippen LogP contribution in [-0.4, -0.2) is 6.54 Å². The first-order valence-electron chi connectivity index (χ1n) is 6.98. The summed E-state index contributed by atoms with van der Waals surface area (Å²) in [6.45, 7) is 6.18. The van der Waals surface area contributed by atoms with Crippen LogP contribution < -0.4 is 10.1 Å². The zero-order valence-electron chi connectivity index (χ0n) is 12.2. The molecule has 0 aliphatic carbocycles. The van der Waals surface area contributed by atoms with Crippen LogP contribution in [0.15, 0.2) is 46.9 Å². The molecule has 1 N–H and O–H groups in total. The van der Waals surface area contributed by atoms with Crippen molar-refractivity contribution in [2.24, 2.45) is 5.92 Å². The molecule has 0 atom stereocenters. The van der Waals surface area contributed by atoms with E-state index in [0.29, 0.717) is 16.7 Å². The van der Waals surface area contributed by atoms with Gasteiger partial charge in [0.2, 0.25) is 0 Å². The van der Waals surface area contributed by atoms with Crippen LogP contribution in [0.5, 0.6) is 11.5 Å². The Bertz CT molecular complexity index is 601. The van der Waals surface area contributed by atoms with Gasteiger partial charge in [0.25, 0.3) is 0 Å². The van der Waals surface area contributed by atoms with Gasteiger partial charge in [0, 0.05) is 6.54 Å². The molecule has 0 heterocycles. The van der Waals surface area contributed by atoms with Crippen LogP contribution in [0.1, 0.15) is 19.4 Å². The van der Waals surface area contributed by atoms with E-state index in [9.17, 15) is 0 Å². The third-order valence-corrected chi connectivity index (χ3v) is 3.89. The standard InChI is InChI=1S/C17H19BrClNO/c1-12(2)10-20-11-13-7-8-17(15(19)9-13)21-16-6-4-3-5-14(16)18/h3-9,12,20H,10-11H2,1-2H3. The Balaban J connectivity index is 2.04. The summed E-state index contributed by atoms with van der Waals surface area (Å²) in [5.41, 5.74) is 1.15. The number of nitrogens with one attached hydrogen (secondary N) is 1. The zero-order chi connectivity index (χ0) is 15.2. The average molecular weight is 369 g/mol. The second-order valence-electron chi connectivity index (χ2n) is 5.32. The summed E-state index contributed by atoms with van der Waals surface area (Å²) >= 11 is 9.77. The molecule has 2 aromatic rings. The number of para-hydroxylation sites is 1. The molecular formula is C17H19BrClNO. The van der Waals surface area contributed by atoms with Crippen LogP contribution in [0, 0.1) is 5.92 Å². The highest BCUT2D eigenvalue weighted by Crippen LogP contribution is 2.33. The van der Waals surface area contributed by atoms with E-state index >= 15 is 0 Å². The summed E-state index contributed by atoms with van der Waals surface area (Å²) in [5, 5.41) is 4.02. The van der Waals surface area contributed by atoms with Crippen molar-refractivity contribution in [2.75, 3.05) is 6.54 Å². The SMILES string of the molecule is CC(C)CNCc1ccc(Oc2ccccc2Br)c(Cl)c1. The minimum Gasteiger partial charge on any atom is -0.455 e. The van der Waals surface area contributed by atoms with Crippen LogP contribution in [-0.2, 0) is 6.54 Å². The van der Waals surface area contributed by atoms with Crippen molar-refractivity contribution in [3.8, 4) is 11.5 Å². The fourth-order valence-corrected chi connectivity index (χ4v) is 2.50. The topological polar surface area (TPSA) is 21.3 Å². The molecule has 0 fully saturated rings. The number of halogens is 2. The lowest BCUT2D eigenvalue weighted by atomic mass is 10.2. The van der Waals surface area contributed by atoms with Crippen LogP contribution >= 0.6 is 27.5 Å². The summed E-state index contributed by atoms with van der Waals surface area (Å²) < 4.78 is 6.74. The van der Waals surface area contributed by atoms with Crippen molar-refractivity contribution in [2.45, 2.75) is 20.4 Å². The second-order valence-corrected chi connectivity index (χ2v) is 6.58. The lowest BCUT2D eigenvalue weighted by Crippen LogP contribution is -2.18. The Morgan fingerprint density at radius 3 is 2.57 bits per heavy atom. The van der Waals surface area contributed by atoms with Crippen molar-refractivity contribution < 1.29 is 4.74 Å². The zero-order valence-corrected chi connectivity index (χ0v) is 14.5. The van der Waals surface area contributed by atoms with Gasteiger partial charge in [-0.2, -0.15) is 0 Å². The second kappa shape index (κ2) is 7.83. The van der Waals surface area contributed by atoms with E-state index in [-0.39, 0.29) is 0 Å². The fourth-order valence-electron chi connectivity index (χ4n) is 1.89. The van der Waals surface area contributed by atoms with E-state index in [2.05, 4.69) is 35.1 Å². The molecule has 0 radical (unpaired) electrons. The number of hydrogen-bond acceptors (Lipinski definition) is 2. The first-order chi connectivity index (χ1) is 10.1. The van der Waals surface area contributed by atoms with Crippen molar-refractivity contribution in [3.63, 3.8) is 0 Å². The summed E-state index contributed by atoms with van der Waals surface area (Å²) in [6.07, 6.45) is 0. The maximum Gasteiger partial charge on any atom is 0.146 e. The van der Waals surface area contributed by atoms with Gasteiger partial charge in [0.15, 0.2) is 0 Å². The van der Waals surface area contributed by atoms with Gasteiger partial charge in [-0.15, -0.1) is 0 Å². The molecule has 0 unspecified atom stereocenters. The van der Waals surface area contributed by atoms with Crippen molar-refractivity contribution >= 4 is 27.5 Å². The Kier molecular flexibility index (Phi) is 6.09. The highest BCUT2D eigenvalue weighted by Gasteiger charge is 2.07. The van der Waals surface area contributed by atoms with Gasteiger partial charge in [0.1, 0.15) is 11.5 Å². The van der Waals surface area contributed by atoms with Crippen molar-refractivity contribution in [1.29, 1.82) is 0 Å². The molecule has 0 saturated carbocycles. The molecule has 4 heteroatoms. The molecule has 2 nitrogen and oxygen atoms in total. The minimum absolute atomic E-state index is 0.620. The molecule has 0 bridgehead atoms. The normalized spacial score (nSPS) is 10.9. The number of ether oxygens (including phenoxy) is 1. The number of hydrogen-bond donors (Lipinski definition) is 1. The van der Waals surface area contributed by atoms with E-state index in [1.54, 1.807) is 0 Å². The molecule has 0 spiro atoms. The summed E-state index contributed by atoms with van der Waals surface area (Å²) in [6, 6.07) is 13.6. The molecule has 2 rings (SSSR count). The molecule has 112 valence electrons. The first kappa shape index (κ1) is 16.3. The Morgan fingerprint density at radius 2 is 1.90 bits per heavy atom. The average Bonchev–Trinajstić information content (AvgIpc) is 2.43. The Morgan fingerprint density at radius 1 is 1.14 bits per heavy atom. The Hall–Kier alpha value is -1.03. The molecule has 0 aliphatic rings. The summed E-state index contributed by atoms with van der Waals surface area (Å²) in [5.74, 6) is 2.06. The molecule has 0 aromatic heterocycles. The largest absolute Gasteiger partial charge is 0.455 e. The molecule has 2 aromatic carbocycles. The van der Waals surface area contributed by atoms with Crippen LogP contribution in [0.2, 0.25) is 5.02 Å². The maximum atomic E-state index is 6.31. The fraction of sp³-hybridized carbons (Fsp3) is 0.294. The highest BCUT2D eigenvalue weighted by molar-refractivity contribution is 9.10. The quantitative estimate of drug-likeness (QED) is 0.712. The number of benzene rings is 2. The van der Waals surface area contributed by atoms with Gasteiger partial charge >= 0.3 is 0 Å². The van der Waals surface area contributed by atoms with Gasteiger partial charge in [0.05, 0.1) is 9.50 Å². The van der Waals surface area contributed by atoms with E-state index < -0.39 is 0 Å². The summed E-state index contributed by atoms with van der Waals surface area (Å²) in [7, 11) is 0. The van der Waals surface area contributed by atoms with E-state index in [0.717, 1.165) is 28.9 Å². The molecule has 0 saturated heterocycles. The third-order valence-electron chi connectivity index (χ3n) is 2.93. The van der Waals surface area contributed by atoms with E-state index in [1.807, 2.05) is 42.5 Å². The predicted octanol–water partition coefficient (Wildman–Crippen LogP) is 5.64. The van der Waals surface area contributed by atoms with Crippen molar-refractivity contribution in [1.82, 2.24) is 5.32 Å². The maximum absolute atomic E-state index is 6.31. The van der Waals surface area contributed by atoms with E-state index in [1.165, 1.54) is 0 Å². The van der Waals surface area contributed by atoms with Crippen LogP contribution in [0.3, 0.4) is 0 Å². The lowest BCUT2D eigenvalue weighted by Gasteiger charge is -2.11. The van der Waals surface area contributed by atoms with Gasteiger partial charge in [-0.1, -0.05) is 43.6 Å². The minimum atomic E-state index is 0.620. The monoisotopic (exact) mass is 367 g/mol. The molecule has 0 amide bonds. The Labute approximate surface area is 139 Å². The van der Waals surface area contributed by atoms with Crippen molar-refractivity contribution in [3.05, 3.63) is 57.5 Å². The molecule has 21 heavy (non-hydrogen) atoms. The summed E-state index contributed by atoms with van der Waals surface area (Å²) in [4.78, 5) is 0. The molecular weight excluding hydrogens is 350 g/mol. The van der Waals surface area contributed by atoms with Gasteiger partial charge in [-0.25, -0.2) is 0 Å². The van der Waals surface area contributed by atoms with Gasteiger partial charge < -0.3 is 10.1 Å². The van der Waals surface area contributed by atoms with Crippen LogP contribution in [0.25, 0.3) is 0 Å². The lowest BCUT2D eigenvalue weighted by molar-refractivity contribution is 0.479. The van der Waals surface area contributed by atoms with E-state index in [4.69, 9.17) is 16.3 Å². The van der Waals surface area contributed by atoms with Crippen LogP contribution in [0.4, 0.5) is 0 Å². The highest BCUT2D eigenvalue weighted by atomic mass is 79.9. The number of rotatable bonds is 6. The third kappa shape index (κ3) is 5.03. The predicted molar refractivity (Wildman–Crippen MR) is 92.2 cm³/mol. The van der Waals surface area contributed by atoms with Gasteiger partial charge in [-0.05, 0) is 58.2 Å².